The maximum Gasteiger partial charge on any atom is 0.254 e. The van der Waals surface area contributed by atoms with E-state index in [-0.39, 0.29) is 5.91 Å². The van der Waals surface area contributed by atoms with Gasteiger partial charge in [0.1, 0.15) is 0 Å². The molecule has 0 aliphatic carbocycles. The van der Waals surface area contributed by atoms with Crippen LogP contribution in [0.1, 0.15) is 22.3 Å². The van der Waals surface area contributed by atoms with Gasteiger partial charge in [-0.3, -0.25) is 4.79 Å². The van der Waals surface area contributed by atoms with E-state index in [1.54, 1.807) is 20.3 Å². The zero-order chi connectivity index (χ0) is 15.4. The Kier molecular flexibility index (Phi) is 5.07. The molecule has 1 aliphatic rings. The normalized spacial score (nSPS) is 17.9. The quantitative estimate of drug-likeness (QED) is 0.897. The third-order valence-corrected chi connectivity index (χ3v) is 4.03. The maximum absolute atomic E-state index is 12.7. The monoisotopic (exact) mass is 292 g/mol. The Morgan fingerprint density at radius 1 is 1.33 bits per heavy atom. The molecule has 1 N–H and O–H groups in total. The molecule has 1 heterocycles. The summed E-state index contributed by atoms with van der Waals surface area (Å²) < 4.78 is 10.6. The van der Waals surface area contributed by atoms with Crippen molar-refractivity contribution in [1.29, 1.82) is 0 Å². The average molecular weight is 292 g/mol. The summed E-state index contributed by atoms with van der Waals surface area (Å²) in [7, 11) is 5.13. The van der Waals surface area contributed by atoms with Gasteiger partial charge in [-0.2, -0.15) is 0 Å². The van der Waals surface area contributed by atoms with Crippen molar-refractivity contribution >= 4 is 5.91 Å². The molecule has 1 atom stereocenters. The van der Waals surface area contributed by atoms with Crippen LogP contribution in [0.5, 0.6) is 11.5 Å². The van der Waals surface area contributed by atoms with Gasteiger partial charge >= 0.3 is 0 Å². The zero-order valence-electron chi connectivity index (χ0n) is 13.2. The van der Waals surface area contributed by atoms with Crippen LogP contribution in [0.25, 0.3) is 0 Å². The van der Waals surface area contributed by atoms with Crippen LogP contribution in [0, 0.1) is 12.8 Å². The predicted molar refractivity (Wildman–Crippen MR) is 82.2 cm³/mol. The molecule has 1 aliphatic heterocycles. The Morgan fingerprint density at radius 3 is 2.62 bits per heavy atom. The van der Waals surface area contributed by atoms with Gasteiger partial charge in [0.05, 0.1) is 14.2 Å². The maximum atomic E-state index is 12.7. The number of hydrogen-bond acceptors (Lipinski definition) is 4. The molecule has 1 amide bonds. The molecule has 0 bridgehead atoms. The molecule has 1 aromatic carbocycles. The molecule has 0 spiro atoms. The highest BCUT2D eigenvalue weighted by Gasteiger charge is 2.27. The van der Waals surface area contributed by atoms with Gasteiger partial charge in [0.25, 0.3) is 5.91 Å². The minimum absolute atomic E-state index is 0.0760. The molecule has 0 aromatic heterocycles. The Labute approximate surface area is 126 Å². The largest absolute Gasteiger partial charge is 0.493 e. The van der Waals surface area contributed by atoms with Crippen LogP contribution in [0.15, 0.2) is 12.1 Å². The number of ether oxygens (including phenoxy) is 2. The van der Waals surface area contributed by atoms with E-state index >= 15 is 0 Å². The van der Waals surface area contributed by atoms with E-state index in [1.807, 2.05) is 24.9 Å². The van der Waals surface area contributed by atoms with E-state index in [0.29, 0.717) is 23.0 Å². The van der Waals surface area contributed by atoms with Crippen LogP contribution in [0.3, 0.4) is 0 Å². The van der Waals surface area contributed by atoms with Gasteiger partial charge in [0, 0.05) is 18.7 Å². The van der Waals surface area contributed by atoms with Crippen molar-refractivity contribution < 1.29 is 14.3 Å². The van der Waals surface area contributed by atoms with Crippen molar-refractivity contribution in [2.45, 2.75) is 13.3 Å². The Morgan fingerprint density at radius 2 is 2.00 bits per heavy atom. The van der Waals surface area contributed by atoms with Crippen LogP contribution in [-0.4, -0.2) is 51.7 Å². The number of carbonyl (C=O) groups is 1. The lowest BCUT2D eigenvalue weighted by Gasteiger charge is -2.19. The molecule has 5 nitrogen and oxygen atoms in total. The molecule has 2 rings (SSSR count). The van der Waals surface area contributed by atoms with Crippen molar-refractivity contribution in [2.75, 3.05) is 40.9 Å². The van der Waals surface area contributed by atoms with Crippen LogP contribution in [-0.2, 0) is 0 Å². The van der Waals surface area contributed by atoms with Crippen LogP contribution in [0.2, 0.25) is 0 Å². The Hall–Kier alpha value is -1.75. The highest BCUT2D eigenvalue weighted by atomic mass is 16.5. The lowest BCUT2D eigenvalue weighted by molar-refractivity contribution is 0.0786. The highest BCUT2D eigenvalue weighted by molar-refractivity contribution is 5.96. The molecule has 0 radical (unpaired) electrons. The number of benzene rings is 1. The van der Waals surface area contributed by atoms with Crippen molar-refractivity contribution in [3.05, 3.63) is 23.3 Å². The standard InChI is InChI=1S/C16H24N2O3/c1-11-7-14(20-3)15(21-4)8-13(11)16(19)18-6-5-12(10-18)9-17-2/h7-8,12,17H,5-6,9-10H2,1-4H3. The summed E-state index contributed by atoms with van der Waals surface area (Å²) in [5.41, 5.74) is 1.60. The second-order valence-electron chi connectivity index (χ2n) is 5.49. The number of methoxy groups -OCH3 is 2. The summed E-state index contributed by atoms with van der Waals surface area (Å²) in [6.45, 7) is 4.51. The van der Waals surface area contributed by atoms with Crippen molar-refractivity contribution in [3.63, 3.8) is 0 Å². The molecule has 0 saturated carbocycles. The van der Waals surface area contributed by atoms with Crippen molar-refractivity contribution in [2.24, 2.45) is 5.92 Å². The smallest absolute Gasteiger partial charge is 0.254 e. The van der Waals surface area contributed by atoms with Crippen molar-refractivity contribution in [3.8, 4) is 11.5 Å². The van der Waals surface area contributed by atoms with Crippen molar-refractivity contribution in [1.82, 2.24) is 10.2 Å². The summed E-state index contributed by atoms with van der Waals surface area (Å²) in [5, 5.41) is 3.18. The van der Waals surface area contributed by atoms with E-state index in [9.17, 15) is 4.79 Å². The molecule has 1 fully saturated rings. The molecule has 21 heavy (non-hydrogen) atoms. The van der Waals surface area contributed by atoms with E-state index in [2.05, 4.69) is 5.32 Å². The predicted octanol–water partition coefficient (Wildman–Crippen LogP) is 1.69. The van der Waals surface area contributed by atoms with Gasteiger partial charge in [-0.15, -0.1) is 0 Å². The average Bonchev–Trinajstić information content (AvgIpc) is 2.95. The van der Waals surface area contributed by atoms with Crippen LogP contribution in [0.4, 0.5) is 0 Å². The number of carbonyl (C=O) groups excluding carboxylic acids is 1. The third-order valence-electron chi connectivity index (χ3n) is 4.03. The van der Waals surface area contributed by atoms with Gasteiger partial charge in [0.15, 0.2) is 11.5 Å². The van der Waals surface area contributed by atoms with E-state index in [4.69, 9.17) is 9.47 Å². The number of nitrogens with one attached hydrogen (secondary N) is 1. The number of aryl methyl sites for hydroxylation is 1. The zero-order valence-corrected chi connectivity index (χ0v) is 13.2. The fourth-order valence-electron chi connectivity index (χ4n) is 2.85. The first-order chi connectivity index (χ1) is 10.1. The molecule has 116 valence electrons. The van der Waals surface area contributed by atoms with Gasteiger partial charge in [-0.25, -0.2) is 0 Å². The number of hydrogen-bond donors (Lipinski definition) is 1. The van der Waals surface area contributed by atoms with Gasteiger partial charge in [-0.05, 0) is 50.6 Å². The molecule has 1 aromatic rings. The topological polar surface area (TPSA) is 50.8 Å². The Bertz CT molecular complexity index is 516. The SMILES string of the molecule is CNCC1CCN(C(=O)c2cc(OC)c(OC)cc2C)C1. The first kappa shape index (κ1) is 15.6. The second-order valence-corrected chi connectivity index (χ2v) is 5.49. The first-order valence-corrected chi connectivity index (χ1v) is 7.27. The summed E-state index contributed by atoms with van der Waals surface area (Å²) in [4.78, 5) is 14.6. The first-order valence-electron chi connectivity index (χ1n) is 7.27. The van der Waals surface area contributed by atoms with Gasteiger partial charge in [-0.1, -0.05) is 0 Å². The molecule has 5 heteroatoms. The molecule has 1 unspecified atom stereocenters. The lowest BCUT2D eigenvalue weighted by Crippen LogP contribution is -2.30. The summed E-state index contributed by atoms with van der Waals surface area (Å²) >= 11 is 0. The molecular weight excluding hydrogens is 268 g/mol. The minimum Gasteiger partial charge on any atom is -0.493 e. The lowest BCUT2D eigenvalue weighted by atomic mass is 10.1. The summed E-state index contributed by atoms with van der Waals surface area (Å²) in [6, 6.07) is 3.63. The third kappa shape index (κ3) is 3.29. The molecule has 1 saturated heterocycles. The number of likely N-dealkylation sites (tertiary alicyclic amines) is 1. The fraction of sp³-hybridized carbons (Fsp3) is 0.562. The van der Waals surface area contributed by atoms with E-state index in [0.717, 1.165) is 31.6 Å². The van der Waals surface area contributed by atoms with E-state index in [1.165, 1.54) is 0 Å². The summed E-state index contributed by atoms with van der Waals surface area (Å²) in [6.07, 6.45) is 1.05. The minimum atomic E-state index is 0.0760. The van der Waals surface area contributed by atoms with Crippen LogP contribution < -0.4 is 14.8 Å². The number of nitrogens with zero attached hydrogens (tertiary/aromatic N) is 1. The van der Waals surface area contributed by atoms with E-state index < -0.39 is 0 Å². The second kappa shape index (κ2) is 6.80. The number of amides is 1. The Balaban J connectivity index is 2.20. The molecular formula is C16H24N2O3. The highest BCUT2D eigenvalue weighted by Crippen LogP contribution is 2.31. The van der Waals surface area contributed by atoms with Gasteiger partial charge < -0.3 is 19.7 Å². The number of rotatable bonds is 5. The van der Waals surface area contributed by atoms with Crippen LogP contribution >= 0.6 is 0 Å². The van der Waals surface area contributed by atoms with Gasteiger partial charge in [0.2, 0.25) is 0 Å². The fourth-order valence-corrected chi connectivity index (χ4v) is 2.85. The summed E-state index contributed by atoms with van der Waals surface area (Å²) in [5.74, 6) is 1.87.